The van der Waals surface area contributed by atoms with Gasteiger partial charge in [-0.25, -0.2) is 8.78 Å². The van der Waals surface area contributed by atoms with Crippen LogP contribution in [0.4, 0.5) is 8.78 Å². The Balaban J connectivity index is 2.43. The highest BCUT2D eigenvalue weighted by atomic mass is 35.5. The average Bonchev–Trinajstić information content (AvgIpc) is 2.40. The van der Waals surface area contributed by atoms with Crippen LogP contribution < -0.4 is 4.74 Å². The zero-order valence-electron chi connectivity index (χ0n) is 10.0. The number of aliphatic hydroxyl groups is 1. The third kappa shape index (κ3) is 2.85. The second-order valence-corrected chi connectivity index (χ2v) is 4.39. The molecule has 0 aliphatic heterocycles. The number of halogens is 3. The lowest BCUT2D eigenvalue weighted by molar-refractivity contribution is 0.209. The molecule has 2 aromatic rings. The van der Waals surface area contributed by atoms with E-state index in [-0.39, 0.29) is 16.1 Å². The van der Waals surface area contributed by atoms with Gasteiger partial charge in [0.2, 0.25) is 0 Å². The van der Waals surface area contributed by atoms with Gasteiger partial charge in [-0.15, -0.1) is 0 Å². The number of methoxy groups -OCH3 is 1. The maximum absolute atomic E-state index is 13.8. The number of rotatable bonds is 3. The molecule has 0 aliphatic carbocycles. The van der Waals surface area contributed by atoms with Crippen LogP contribution in [0.3, 0.4) is 0 Å². The molecule has 5 heteroatoms. The van der Waals surface area contributed by atoms with Crippen molar-refractivity contribution in [2.75, 3.05) is 7.11 Å². The zero-order chi connectivity index (χ0) is 14.0. The first-order valence-corrected chi connectivity index (χ1v) is 5.87. The van der Waals surface area contributed by atoms with Crippen LogP contribution in [0, 0.1) is 11.6 Å². The van der Waals surface area contributed by atoms with Gasteiger partial charge in [-0.1, -0.05) is 11.6 Å². The molecule has 1 unspecified atom stereocenters. The largest absolute Gasteiger partial charge is 0.497 e. The van der Waals surface area contributed by atoms with Crippen molar-refractivity contribution in [1.29, 1.82) is 0 Å². The maximum atomic E-state index is 13.8. The molecule has 19 heavy (non-hydrogen) atoms. The first-order chi connectivity index (χ1) is 9.02. The minimum atomic E-state index is -1.43. The van der Waals surface area contributed by atoms with Gasteiger partial charge in [0, 0.05) is 22.2 Å². The van der Waals surface area contributed by atoms with Gasteiger partial charge >= 0.3 is 0 Å². The van der Waals surface area contributed by atoms with Crippen molar-refractivity contribution in [3.63, 3.8) is 0 Å². The molecule has 1 N–H and O–H groups in total. The first-order valence-electron chi connectivity index (χ1n) is 5.49. The van der Waals surface area contributed by atoms with E-state index >= 15 is 0 Å². The van der Waals surface area contributed by atoms with Gasteiger partial charge in [-0.2, -0.15) is 0 Å². The van der Waals surface area contributed by atoms with Crippen LogP contribution in [0.2, 0.25) is 5.02 Å². The normalized spacial score (nSPS) is 12.3. The van der Waals surface area contributed by atoms with Gasteiger partial charge in [-0.05, 0) is 30.3 Å². The Morgan fingerprint density at radius 2 is 1.79 bits per heavy atom. The van der Waals surface area contributed by atoms with E-state index in [2.05, 4.69) is 0 Å². The Morgan fingerprint density at radius 1 is 1.05 bits per heavy atom. The Morgan fingerprint density at radius 3 is 2.42 bits per heavy atom. The number of hydrogen-bond donors (Lipinski definition) is 1. The van der Waals surface area contributed by atoms with E-state index < -0.39 is 17.7 Å². The Kier molecular flexibility index (Phi) is 4.02. The van der Waals surface area contributed by atoms with Crippen molar-refractivity contribution in [3.05, 3.63) is 64.2 Å². The molecule has 0 saturated carbocycles. The Labute approximate surface area is 114 Å². The molecule has 0 saturated heterocycles. The second kappa shape index (κ2) is 5.55. The van der Waals surface area contributed by atoms with Gasteiger partial charge in [0.1, 0.15) is 23.5 Å². The zero-order valence-corrected chi connectivity index (χ0v) is 10.8. The van der Waals surface area contributed by atoms with Crippen LogP contribution in [-0.2, 0) is 0 Å². The topological polar surface area (TPSA) is 29.5 Å². The summed E-state index contributed by atoms with van der Waals surface area (Å²) in [4.78, 5) is 0. The Hall–Kier alpha value is -1.65. The molecule has 0 spiro atoms. The lowest BCUT2D eigenvalue weighted by Crippen LogP contribution is -2.05. The lowest BCUT2D eigenvalue weighted by Gasteiger charge is -2.14. The molecule has 0 radical (unpaired) electrons. The van der Waals surface area contributed by atoms with Crippen molar-refractivity contribution in [2.24, 2.45) is 0 Å². The predicted octanol–water partition coefficient (Wildman–Crippen LogP) is 3.71. The maximum Gasteiger partial charge on any atom is 0.133 e. The summed E-state index contributed by atoms with van der Waals surface area (Å²) >= 11 is 5.74. The molecule has 100 valence electrons. The smallest absolute Gasteiger partial charge is 0.133 e. The van der Waals surface area contributed by atoms with Crippen LogP contribution in [0.25, 0.3) is 0 Å². The van der Waals surface area contributed by atoms with Crippen LogP contribution >= 0.6 is 11.6 Å². The minimum absolute atomic E-state index is 0.0398. The van der Waals surface area contributed by atoms with Crippen molar-refractivity contribution in [3.8, 4) is 5.75 Å². The second-order valence-electron chi connectivity index (χ2n) is 3.96. The first kappa shape index (κ1) is 13.8. The molecule has 0 fully saturated rings. The predicted molar refractivity (Wildman–Crippen MR) is 68.4 cm³/mol. The van der Waals surface area contributed by atoms with Crippen LogP contribution in [-0.4, -0.2) is 12.2 Å². The minimum Gasteiger partial charge on any atom is -0.497 e. The third-order valence-electron chi connectivity index (χ3n) is 2.75. The van der Waals surface area contributed by atoms with E-state index in [0.717, 1.165) is 12.1 Å². The molecule has 1 atom stereocenters. The molecule has 0 amide bonds. The molecular formula is C14H11ClF2O2. The number of benzene rings is 2. The molecule has 0 aliphatic rings. The van der Waals surface area contributed by atoms with Crippen LogP contribution in [0.1, 0.15) is 17.2 Å². The van der Waals surface area contributed by atoms with Gasteiger partial charge in [-0.3, -0.25) is 0 Å². The molecular weight excluding hydrogens is 274 g/mol. The molecule has 2 aromatic carbocycles. The van der Waals surface area contributed by atoms with Crippen molar-refractivity contribution < 1.29 is 18.6 Å². The van der Waals surface area contributed by atoms with Gasteiger partial charge in [0.05, 0.1) is 7.11 Å². The fraction of sp³-hybridized carbons (Fsp3) is 0.143. The van der Waals surface area contributed by atoms with E-state index in [1.54, 1.807) is 0 Å². The van der Waals surface area contributed by atoms with Crippen molar-refractivity contribution >= 4 is 11.6 Å². The average molecular weight is 285 g/mol. The highest BCUT2D eigenvalue weighted by Crippen LogP contribution is 2.29. The monoisotopic (exact) mass is 284 g/mol. The number of hydrogen-bond acceptors (Lipinski definition) is 2. The molecule has 0 heterocycles. The van der Waals surface area contributed by atoms with E-state index in [9.17, 15) is 13.9 Å². The highest BCUT2D eigenvalue weighted by molar-refractivity contribution is 6.30. The summed E-state index contributed by atoms with van der Waals surface area (Å²) in [6, 6.07) is 7.72. The molecule has 0 aromatic heterocycles. The summed E-state index contributed by atoms with van der Waals surface area (Å²) in [5.74, 6) is -1.00. The fourth-order valence-corrected chi connectivity index (χ4v) is 1.93. The molecule has 0 bridgehead atoms. The number of ether oxygens (including phenoxy) is 1. The molecule has 2 nitrogen and oxygen atoms in total. The van der Waals surface area contributed by atoms with Gasteiger partial charge < -0.3 is 9.84 Å². The number of aliphatic hydroxyl groups excluding tert-OH is 1. The molecule has 2 rings (SSSR count). The standard InChI is InChI=1S/C14H11ClF2O2/c1-19-9-3-4-10(13(17)7-9)14(18)11-6-8(15)2-5-12(11)16/h2-7,14,18H,1H3. The van der Waals surface area contributed by atoms with Crippen molar-refractivity contribution in [2.45, 2.75) is 6.10 Å². The van der Waals surface area contributed by atoms with E-state index in [4.69, 9.17) is 16.3 Å². The van der Waals surface area contributed by atoms with E-state index in [1.165, 1.54) is 31.4 Å². The fourth-order valence-electron chi connectivity index (χ4n) is 1.75. The van der Waals surface area contributed by atoms with Crippen LogP contribution in [0.5, 0.6) is 5.75 Å². The van der Waals surface area contributed by atoms with Crippen molar-refractivity contribution in [1.82, 2.24) is 0 Å². The summed E-state index contributed by atoms with van der Waals surface area (Å²) in [6.07, 6.45) is -1.43. The summed E-state index contributed by atoms with van der Waals surface area (Å²) in [5.41, 5.74) is -0.112. The van der Waals surface area contributed by atoms with E-state index in [0.29, 0.717) is 5.75 Å². The van der Waals surface area contributed by atoms with Gasteiger partial charge in [0.15, 0.2) is 0 Å². The highest BCUT2D eigenvalue weighted by Gasteiger charge is 2.19. The SMILES string of the molecule is COc1ccc(C(O)c2cc(Cl)ccc2F)c(F)c1. The Bertz CT molecular complexity index is 602. The lowest BCUT2D eigenvalue weighted by atomic mass is 10.0. The van der Waals surface area contributed by atoms with Crippen LogP contribution in [0.15, 0.2) is 36.4 Å². The quantitative estimate of drug-likeness (QED) is 0.931. The van der Waals surface area contributed by atoms with E-state index in [1.807, 2.05) is 0 Å². The third-order valence-corrected chi connectivity index (χ3v) is 2.99. The summed E-state index contributed by atoms with van der Waals surface area (Å²) in [6.45, 7) is 0. The summed E-state index contributed by atoms with van der Waals surface area (Å²) in [5, 5.41) is 10.3. The summed E-state index contributed by atoms with van der Waals surface area (Å²) < 4.78 is 32.3. The summed E-state index contributed by atoms with van der Waals surface area (Å²) in [7, 11) is 1.40. The van der Waals surface area contributed by atoms with Gasteiger partial charge in [0.25, 0.3) is 0 Å².